The fraction of sp³-hybridized carbons (Fsp3) is 0.412. The van der Waals surface area contributed by atoms with E-state index in [1.54, 1.807) is 0 Å². The first kappa shape index (κ1) is 19.5. The Morgan fingerprint density at radius 2 is 1.91 bits per heavy atom. The van der Waals surface area contributed by atoms with Gasteiger partial charge in [-0.2, -0.15) is 5.10 Å². The minimum absolute atomic E-state index is 0. The molecule has 1 aromatic heterocycles. The van der Waals surface area contributed by atoms with Crippen molar-refractivity contribution in [2.45, 2.75) is 26.8 Å². The van der Waals surface area contributed by atoms with Gasteiger partial charge >= 0.3 is 0 Å². The lowest BCUT2D eigenvalue weighted by Gasteiger charge is -2.10. The van der Waals surface area contributed by atoms with Gasteiger partial charge in [-0.25, -0.2) is 4.99 Å². The minimum atomic E-state index is 0. The molecule has 23 heavy (non-hydrogen) atoms. The molecule has 2 rings (SSSR count). The molecule has 0 spiro atoms. The third kappa shape index (κ3) is 7.02. The molecule has 6 heteroatoms. The highest BCUT2D eigenvalue weighted by molar-refractivity contribution is 14.0. The van der Waals surface area contributed by atoms with E-state index >= 15 is 0 Å². The zero-order valence-corrected chi connectivity index (χ0v) is 16.4. The predicted molar refractivity (Wildman–Crippen MR) is 106 cm³/mol. The second-order valence-electron chi connectivity index (χ2n) is 5.38. The lowest BCUT2D eigenvalue weighted by Crippen LogP contribution is -2.38. The number of guanidine groups is 1. The third-order valence-electron chi connectivity index (χ3n) is 3.35. The van der Waals surface area contributed by atoms with Crippen LogP contribution >= 0.6 is 24.0 Å². The summed E-state index contributed by atoms with van der Waals surface area (Å²) in [5.74, 6) is 0.854. The van der Waals surface area contributed by atoms with Gasteiger partial charge in [0.1, 0.15) is 0 Å². The first-order valence-electron chi connectivity index (χ1n) is 7.72. The number of aryl methyl sites for hydroxylation is 2. The first-order valence-corrected chi connectivity index (χ1v) is 7.72. The standard InChI is InChI=1S/C17H25N5.HI/c1-4-18-17(19-10-9-16-12-21-22(3)13-16)20-11-15-7-5-14(2)6-8-15;/h5-8,12-13H,4,9-11H2,1-3H3,(H2,18,19,20);1H. The van der Waals surface area contributed by atoms with Gasteiger partial charge in [-0.05, 0) is 31.4 Å². The van der Waals surface area contributed by atoms with Gasteiger partial charge in [0.15, 0.2) is 5.96 Å². The molecule has 2 N–H and O–H groups in total. The summed E-state index contributed by atoms with van der Waals surface area (Å²) in [5, 5.41) is 10.8. The zero-order chi connectivity index (χ0) is 15.8. The number of nitrogens with one attached hydrogen (secondary N) is 2. The van der Waals surface area contributed by atoms with Crippen molar-refractivity contribution >= 4 is 29.9 Å². The number of rotatable bonds is 6. The van der Waals surface area contributed by atoms with Crippen molar-refractivity contribution in [1.82, 2.24) is 20.4 Å². The van der Waals surface area contributed by atoms with Gasteiger partial charge in [-0.15, -0.1) is 24.0 Å². The molecule has 0 fully saturated rings. The van der Waals surface area contributed by atoms with E-state index in [-0.39, 0.29) is 24.0 Å². The van der Waals surface area contributed by atoms with Crippen LogP contribution < -0.4 is 10.6 Å². The zero-order valence-electron chi connectivity index (χ0n) is 14.0. The van der Waals surface area contributed by atoms with Crippen LogP contribution in [0.1, 0.15) is 23.6 Å². The molecule has 5 nitrogen and oxygen atoms in total. The number of hydrogen-bond acceptors (Lipinski definition) is 2. The van der Waals surface area contributed by atoms with E-state index in [0.29, 0.717) is 6.54 Å². The Kier molecular flexibility index (Phi) is 8.68. The quantitative estimate of drug-likeness (QED) is 0.424. The smallest absolute Gasteiger partial charge is 0.191 e. The molecule has 0 aliphatic rings. The Morgan fingerprint density at radius 1 is 1.17 bits per heavy atom. The van der Waals surface area contributed by atoms with E-state index in [9.17, 15) is 0 Å². The summed E-state index contributed by atoms with van der Waals surface area (Å²) in [6.07, 6.45) is 4.87. The Balaban J connectivity index is 0.00000264. The molecule has 0 saturated heterocycles. The average Bonchev–Trinajstić information content (AvgIpc) is 2.92. The lowest BCUT2D eigenvalue weighted by atomic mass is 10.1. The van der Waals surface area contributed by atoms with Crippen molar-refractivity contribution < 1.29 is 0 Å². The van der Waals surface area contributed by atoms with E-state index in [0.717, 1.165) is 25.5 Å². The SMILES string of the molecule is CCNC(=NCc1ccc(C)cc1)NCCc1cnn(C)c1.I. The first-order chi connectivity index (χ1) is 10.7. The topological polar surface area (TPSA) is 54.2 Å². The normalized spacial score (nSPS) is 11.0. The van der Waals surface area contributed by atoms with E-state index in [1.165, 1.54) is 16.7 Å². The van der Waals surface area contributed by atoms with Crippen molar-refractivity contribution in [3.05, 3.63) is 53.3 Å². The van der Waals surface area contributed by atoms with Crippen LogP contribution in [0.15, 0.2) is 41.7 Å². The fourth-order valence-electron chi connectivity index (χ4n) is 2.13. The Morgan fingerprint density at radius 3 is 2.52 bits per heavy atom. The van der Waals surface area contributed by atoms with Crippen LogP contribution in [0.2, 0.25) is 0 Å². The summed E-state index contributed by atoms with van der Waals surface area (Å²) < 4.78 is 1.83. The summed E-state index contributed by atoms with van der Waals surface area (Å²) in [4.78, 5) is 4.62. The van der Waals surface area contributed by atoms with Crippen molar-refractivity contribution in [3.63, 3.8) is 0 Å². The molecule has 0 amide bonds. The van der Waals surface area contributed by atoms with E-state index in [1.807, 2.05) is 24.1 Å². The molecular formula is C17H26IN5. The van der Waals surface area contributed by atoms with Crippen LogP contribution in [0.4, 0.5) is 0 Å². The summed E-state index contributed by atoms with van der Waals surface area (Å²) in [7, 11) is 1.93. The molecule has 0 aliphatic heterocycles. The maximum atomic E-state index is 4.62. The van der Waals surface area contributed by atoms with E-state index in [4.69, 9.17) is 0 Å². The summed E-state index contributed by atoms with van der Waals surface area (Å²) >= 11 is 0. The molecule has 1 aromatic carbocycles. The Bertz CT molecular complexity index is 604. The van der Waals surface area contributed by atoms with Gasteiger partial charge in [0, 0.05) is 26.3 Å². The van der Waals surface area contributed by atoms with Crippen LogP contribution in [0.3, 0.4) is 0 Å². The summed E-state index contributed by atoms with van der Waals surface area (Å²) in [5.41, 5.74) is 3.72. The number of benzene rings is 1. The molecule has 126 valence electrons. The molecule has 2 aromatic rings. The highest BCUT2D eigenvalue weighted by Gasteiger charge is 2.00. The van der Waals surface area contributed by atoms with Crippen molar-refractivity contribution in [2.75, 3.05) is 13.1 Å². The monoisotopic (exact) mass is 427 g/mol. The summed E-state index contributed by atoms with van der Waals surface area (Å²) in [6.45, 7) is 6.54. The predicted octanol–water partition coefficient (Wildman–Crippen LogP) is 2.64. The second-order valence-corrected chi connectivity index (χ2v) is 5.38. The van der Waals surface area contributed by atoms with Crippen molar-refractivity contribution in [3.8, 4) is 0 Å². The molecule has 1 heterocycles. The molecule has 0 atom stereocenters. The molecule has 0 radical (unpaired) electrons. The lowest BCUT2D eigenvalue weighted by molar-refractivity contribution is 0.765. The molecule has 0 bridgehead atoms. The maximum absolute atomic E-state index is 4.62. The molecule has 0 unspecified atom stereocenters. The number of aliphatic imine (C=N–C) groups is 1. The van der Waals surface area contributed by atoms with Crippen LogP contribution in [0.25, 0.3) is 0 Å². The van der Waals surface area contributed by atoms with Gasteiger partial charge < -0.3 is 10.6 Å². The van der Waals surface area contributed by atoms with Crippen LogP contribution in [-0.4, -0.2) is 28.8 Å². The third-order valence-corrected chi connectivity index (χ3v) is 3.35. The van der Waals surface area contributed by atoms with Crippen molar-refractivity contribution in [1.29, 1.82) is 0 Å². The Labute approximate surface area is 155 Å². The average molecular weight is 427 g/mol. The molecular weight excluding hydrogens is 401 g/mol. The van der Waals surface area contributed by atoms with Crippen molar-refractivity contribution in [2.24, 2.45) is 12.0 Å². The van der Waals surface area contributed by atoms with E-state index in [2.05, 4.69) is 58.8 Å². The Hall–Kier alpha value is -1.57. The van der Waals surface area contributed by atoms with Gasteiger partial charge in [-0.3, -0.25) is 4.68 Å². The number of nitrogens with zero attached hydrogens (tertiary/aromatic N) is 3. The maximum Gasteiger partial charge on any atom is 0.191 e. The summed E-state index contributed by atoms with van der Waals surface area (Å²) in [6, 6.07) is 8.48. The van der Waals surface area contributed by atoms with E-state index < -0.39 is 0 Å². The van der Waals surface area contributed by atoms with Gasteiger partial charge in [0.25, 0.3) is 0 Å². The molecule has 0 saturated carbocycles. The highest BCUT2D eigenvalue weighted by atomic mass is 127. The molecule has 0 aliphatic carbocycles. The van der Waals surface area contributed by atoms with Gasteiger partial charge in [0.2, 0.25) is 0 Å². The largest absolute Gasteiger partial charge is 0.357 e. The highest BCUT2D eigenvalue weighted by Crippen LogP contribution is 2.04. The second kappa shape index (κ2) is 10.3. The van der Waals surface area contributed by atoms with Gasteiger partial charge in [-0.1, -0.05) is 29.8 Å². The van der Waals surface area contributed by atoms with Crippen LogP contribution in [-0.2, 0) is 20.0 Å². The van der Waals surface area contributed by atoms with Crippen LogP contribution in [0.5, 0.6) is 0 Å². The van der Waals surface area contributed by atoms with Gasteiger partial charge in [0.05, 0.1) is 12.7 Å². The number of aromatic nitrogens is 2. The minimum Gasteiger partial charge on any atom is -0.357 e. The number of halogens is 1. The fourth-order valence-corrected chi connectivity index (χ4v) is 2.13. The van der Waals surface area contributed by atoms with Crippen LogP contribution in [0, 0.1) is 6.92 Å². The number of hydrogen-bond donors (Lipinski definition) is 2.